The van der Waals surface area contributed by atoms with Crippen molar-refractivity contribution in [3.05, 3.63) is 102 Å². The average molecular weight is 739 g/mol. The van der Waals surface area contributed by atoms with Gasteiger partial charge in [-0.05, 0) is 122 Å². The third-order valence-corrected chi connectivity index (χ3v) is 9.58. The minimum Gasteiger partial charge on any atom is -0.494 e. The number of carbonyl (C=O) groups excluding carboxylic acids is 4. The van der Waals surface area contributed by atoms with E-state index < -0.39 is 23.9 Å². The van der Waals surface area contributed by atoms with Gasteiger partial charge in [0.25, 0.3) is 0 Å². The predicted molar refractivity (Wildman–Crippen MR) is 204 cm³/mol. The van der Waals surface area contributed by atoms with Gasteiger partial charge >= 0.3 is 23.9 Å². The zero-order valence-electron chi connectivity index (χ0n) is 31.1. The lowest BCUT2D eigenvalue weighted by Crippen LogP contribution is -2.22. The maximum absolute atomic E-state index is 13.0. The van der Waals surface area contributed by atoms with Crippen molar-refractivity contribution >= 4 is 23.9 Å². The number of rotatable bonds is 20. The second-order valence-electron chi connectivity index (χ2n) is 13.6. The van der Waals surface area contributed by atoms with Gasteiger partial charge in [0.05, 0.1) is 38.4 Å². The summed E-state index contributed by atoms with van der Waals surface area (Å²) in [5, 5.41) is 0. The highest BCUT2D eigenvalue weighted by Gasteiger charge is 2.27. The second kappa shape index (κ2) is 20.2. The van der Waals surface area contributed by atoms with Crippen LogP contribution >= 0.6 is 0 Å². The Labute approximate surface area is 317 Å². The van der Waals surface area contributed by atoms with E-state index >= 15 is 0 Å². The summed E-state index contributed by atoms with van der Waals surface area (Å²) >= 11 is 0. The van der Waals surface area contributed by atoms with Crippen LogP contribution in [0.3, 0.4) is 0 Å². The lowest BCUT2D eigenvalue weighted by molar-refractivity contribution is -0.151. The quantitative estimate of drug-likeness (QED) is 0.0365. The van der Waals surface area contributed by atoms with Gasteiger partial charge in [-0.15, -0.1) is 0 Å². The van der Waals surface area contributed by atoms with E-state index in [0.717, 1.165) is 86.1 Å². The Bertz CT molecular complexity index is 1790. The summed E-state index contributed by atoms with van der Waals surface area (Å²) < 4.78 is 33.3. The van der Waals surface area contributed by atoms with Gasteiger partial charge in [-0.1, -0.05) is 38.6 Å². The molecule has 0 aliphatic heterocycles. The fourth-order valence-electron chi connectivity index (χ4n) is 6.61. The molecule has 0 radical (unpaired) electrons. The van der Waals surface area contributed by atoms with Crippen LogP contribution in [0.5, 0.6) is 17.2 Å². The third kappa shape index (κ3) is 11.6. The first-order valence-corrected chi connectivity index (χ1v) is 18.9. The molecule has 54 heavy (non-hydrogen) atoms. The number of hydrogen-bond acceptors (Lipinski definition) is 10. The number of benzene rings is 3. The SMILES string of the molecule is C=CC(=O)OCCCCCCOc1ccc(C(=O)Oc2ccc3c(c2)C(C)c2cc(OCCCOC(=O)C(=C)CC(=O)OC4CCCCC4)ccc2-3)cc1. The Kier molecular flexibility index (Phi) is 14.9. The fraction of sp³-hybridized carbons (Fsp3) is 0.409. The van der Waals surface area contributed by atoms with Gasteiger partial charge in [-0.2, -0.15) is 0 Å². The first-order chi connectivity index (χ1) is 26.2. The first kappa shape index (κ1) is 39.8. The number of hydrogen-bond donors (Lipinski definition) is 0. The highest BCUT2D eigenvalue weighted by Crippen LogP contribution is 2.47. The Morgan fingerprint density at radius 2 is 1.30 bits per heavy atom. The van der Waals surface area contributed by atoms with Crippen molar-refractivity contribution in [3.8, 4) is 28.4 Å². The lowest BCUT2D eigenvalue weighted by Gasteiger charge is -2.21. The van der Waals surface area contributed by atoms with Crippen LogP contribution in [0.25, 0.3) is 11.1 Å². The van der Waals surface area contributed by atoms with Crippen LogP contribution in [0, 0.1) is 0 Å². The van der Waals surface area contributed by atoms with Crippen molar-refractivity contribution in [2.24, 2.45) is 0 Å². The van der Waals surface area contributed by atoms with E-state index in [2.05, 4.69) is 20.1 Å². The van der Waals surface area contributed by atoms with Crippen molar-refractivity contribution in [1.29, 1.82) is 0 Å². The topological polar surface area (TPSA) is 124 Å². The van der Waals surface area contributed by atoms with E-state index in [1.807, 2.05) is 30.3 Å². The molecule has 5 rings (SSSR count). The molecule has 0 spiro atoms. The van der Waals surface area contributed by atoms with Crippen molar-refractivity contribution in [1.82, 2.24) is 0 Å². The third-order valence-electron chi connectivity index (χ3n) is 9.58. The van der Waals surface area contributed by atoms with Gasteiger partial charge in [0.1, 0.15) is 23.4 Å². The predicted octanol–water partition coefficient (Wildman–Crippen LogP) is 8.84. The van der Waals surface area contributed by atoms with Crippen LogP contribution in [0.2, 0.25) is 0 Å². The maximum Gasteiger partial charge on any atom is 0.343 e. The van der Waals surface area contributed by atoms with E-state index in [0.29, 0.717) is 49.1 Å². The van der Waals surface area contributed by atoms with Gasteiger partial charge in [0.15, 0.2) is 0 Å². The van der Waals surface area contributed by atoms with Gasteiger partial charge in [-0.3, -0.25) is 4.79 Å². The summed E-state index contributed by atoms with van der Waals surface area (Å²) in [7, 11) is 0. The minimum atomic E-state index is -0.602. The molecule has 10 nitrogen and oxygen atoms in total. The first-order valence-electron chi connectivity index (χ1n) is 18.9. The Morgan fingerprint density at radius 1 is 0.704 bits per heavy atom. The molecule has 1 unspecified atom stereocenters. The van der Waals surface area contributed by atoms with E-state index in [9.17, 15) is 19.2 Å². The highest BCUT2D eigenvalue weighted by atomic mass is 16.6. The molecule has 0 amide bonds. The van der Waals surface area contributed by atoms with Crippen molar-refractivity contribution in [3.63, 3.8) is 0 Å². The van der Waals surface area contributed by atoms with Crippen LogP contribution in [-0.2, 0) is 28.6 Å². The van der Waals surface area contributed by atoms with E-state index in [-0.39, 0.29) is 30.6 Å². The molecule has 0 N–H and O–H groups in total. The van der Waals surface area contributed by atoms with Gasteiger partial charge in [0, 0.05) is 24.0 Å². The Balaban J connectivity index is 1.01. The largest absolute Gasteiger partial charge is 0.494 e. The van der Waals surface area contributed by atoms with E-state index in [1.165, 1.54) is 0 Å². The summed E-state index contributed by atoms with van der Waals surface area (Å²) in [4.78, 5) is 48.5. The molecule has 2 aliphatic rings. The molecule has 1 fully saturated rings. The zero-order chi connectivity index (χ0) is 38.3. The molecule has 3 aromatic rings. The molecular formula is C44H50O10. The summed E-state index contributed by atoms with van der Waals surface area (Å²) in [5.41, 5.74) is 4.86. The molecule has 3 aromatic carbocycles. The normalized spacial score (nSPS) is 14.6. The monoisotopic (exact) mass is 738 g/mol. The van der Waals surface area contributed by atoms with Gasteiger partial charge in [-0.25, -0.2) is 14.4 Å². The van der Waals surface area contributed by atoms with Crippen molar-refractivity contribution in [2.75, 3.05) is 26.4 Å². The van der Waals surface area contributed by atoms with Crippen LogP contribution in [-0.4, -0.2) is 56.4 Å². The number of carbonyl (C=O) groups is 4. The summed E-state index contributed by atoms with van der Waals surface area (Å²) in [6.45, 7) is 10.6. The second-order valence-corrected chi connectivity index (χ2v) is 13.6. The molecule has 10 heteroatoms. The molecular weight excluding hydrogens is 688 g/mol. The maximum atomic E-state index is 13.0. The van der Waals surface area contributed by atoms with E-state index in [4.69, 9.17) is 28.4 Å². The molecule has 0 aromatic heterocycles. The molecule has 2 aliphatic carbocycles. The highest BCUT2D eigenvalue weighted by molar-refractivity contribution is 5.93. The summed E-state index contributed by atoms with van der Waals surface area (Å²) in [6.07, 6.45) is 9.98. The molecule has 0 bridgehead atoms. The lowest BCUT2D eigenvalue weighted by atomic mass is 9.98. The van der Waals surface area contributed by atoms with Gasteiger partial charge in [0.2, 0.25) is 0 Å². The van der Waals surface area contributed by atoms with Crippen LogP contribution in [0.4, 0.5) is 0 Å². The average Bonchev–Trinajstić information content (AvgIpc) is 3.45. The number of fused-ring (bicyclic) bond motifs is 3. The molecule has 1 saturated carbocycles. The molecule has 286 valence electrons. The minimum absolute atomic E-state index is 0.0557. The molecule has 0 saturated heterocycles. The molecule has 0 heterocycles. The smallest absolute Gasteiger partial charge is 0.343 e. The van der Waals surface area contributed by atoms with Crippen molar-refractivity contribution < 1.29 is 47.6 Å². The van der Waals surface area contributed by atoms with Crippen LogP contribution < -0.4 is 14.2 Å². The fourth-order valence-corrected chi connectivity index (χ4v) is 6.61. The Hall–Kier alpha value is -5.38. The van der Waals surface area contributed by atoms with Crippen molar-refractivity contribution in [2.45, 2.75) is 89.6 Å². The summed E-state index contributed by atoms with van der Waals surface area (Å²) in [5.74, 6) is 0.0105. The molecule has 1 atom stereocenters. The van der Waals surface area contributed by atoms with Crippen LogP contribution in [0.15, 0.2) is 85.5 Å². The van der Waals surface area contributed by atoms with Crippen LogP contribution in [0.1, 0.15) is 105 Å². The number of esters is 4. The summed E-state index contributed by atoms with van der Waals surface area (Å²) in [6, 6.07) is 18.6. The Morgan fingerprint density at radius 3 is 2.00 bits per heavy atom. The number of unbranched alkanes of at least 4 members (excludes halogenated alkanes) is 3. The standard InChI is InChI=1S/C44H50O10/c1-4-41(45)51-24-11-6-5-10-23-49-33-17-15-32(16-18-33)44(48)54-36-20-22-38-37-21-19-35(28-39(37)31(3)40(38)29-36)50-25-12-26-52-43(47)30(2)27-42(46)53-34-13-8-7-9-14-34/h4,15-22,28-29,31,34H,1-2,5-14,23-27H2,3H3. The zero-order valence-corrected chi connectivity index (χ0v) is 31.1. The number of ether oxygens (including phenoxy) is 6. The van der Waals surface area contributed by atoms with Gasteiger partial charge < -0.3 is 28.4 Å². The van der Waals surface area contributed by atoms with E-state index in [1.54, 1.807) is 30.3 Å².